The average Bonchev–Trinajstić information content (AvgIpc) is 2.53. The highest BCUT2D eigenvalue weighted by Crippen LogP contribution is 2.21. The maximum Gasteiger partial charge on any atom is 0.269 e. The summed E-state index contributed by atoms with van der Waals surface area (Å²) in [5.74, 6) is 4.50. The molecule has 122 valence electrons. The number of hydrogen-bond acceptors (Lipinski definition) is 5. The first-order valence-corrected chi connectivity index (χ1v) is 7.10. The van der Waals surface area contributed by atoms with Gasteiger partial charge in [-0.25, -0.2) is 5.48 Å². The Labute approximate surface area is 134 Å². The van der Waals surface area contributed by atoms with E-state index < -0.39 is 23.5 Å². The third-order valence-electron chi connectivity index (χ3n) is 3.85. The largest absolute Gasteiger partial charge is 0.373 e. The summed E-state index contributed by atoms with van der Waals surface area (Å²) in [4.78, 5) is 24.3. The Morgan fingerprint density at radius 1 is 1.35 bits per heavy atom. The van der Waals surface area contributed by atoms with E-state index in [1.807, 2.05) is 0 Å². The van der Waals surface area contributed by atoms with Crippen LogP contribution in [0.5, 0.6) is 0 Å². The molecule has 2 rings (SSSR count). The molecule has 1 aliphatic heterocycles. The smallest absolute Gasteiger partial charge is 0.269 e. The van der Waals surface area contributed by atoms with Gasteiger partial charge in [0.15, 0.2) is 0 Å². The van der Waals surface area contributed by atoms with Crippen LogP contribution in [-0.4, -0.2) is 48.9 Å². The van der Waals surface area contributed by atoms with Gasteiger partial charge in [0, 0.05) is 31.3 Å². The molecular formula is C16H19N3O4. The van der Waals surface area contributed by atoms with Gasteiger partial charge in [-0.1, -0.05) is 5.92 Å². The van der Waals surface area contributed by atoms with Crippen molar-refractivity contribution in [2.24, 2.45) is 0 Å². The Morgan fingerprint density at radius 3 is 2.43 bits per heavy atom. The number of benzene rings is 1. The third kappa shape index (κ3) is 3.51. The second-order valence-corrected chi connectivity index (χ2v) is 5.21. The molecule has 23 heavy (non-hydrogen) atoms. The Balaban J connectivity index is 2.16. The van der Waals surface area contributed by atoms with Gasteiger partial charge in [-0.3, -0.25) is 14.8 Å². The summed E-state index contributed by atoms with van der Waals surface area (Å²) in [5, 5.41) is 14.5. The van der Waals surface area contributed by atoms with Crippen LogP contribution in [0.1, 0.15) is 22.8 Å². The first kappa shape index (κ1) is 17.0. The molecule has 2 amide bonds. The summed E-state index contributed by atoms with van der Waals surface area (Å²) in [6.07, 6.45) is 0. The predicted molar refractivity (Wildman–Crippen MR) is 82.8 cm³/mol. The van der Waals surface area contributed by atoms with Crippen LogP contribution in [0.25, 0.3) is 0 Å². The van der Waals surface area contributed by atoms with Crippen LogP contribution in [0, 0.1) is 11.8 Å². The Kier molecular flexibility index (Phi) is 5.34. The van der Waals surface area contributed by atoms with Gasteiger partial charge in [-0.05, 0) is 31.2 Å². The lowest BCUT2D eigenvalue weighted by Crippen LogP contribution is -2.74. The fraction of sp³-hybridized carbons (Fsp3) is 0.375. The van der Waals surface area contributed by atoms with E-state index in [0.29, 0.717) is 18.7 Å². The molecule has 0 spiro atoms. The molecule has 0 aromatic heterocycles. The molecule has 0 aliphatic carbocycles. The van der Waals surface area contributed by atoms with Gasteiger partial charge < -0.3 is 15.4 Å². The highest BCUT2D eigenvalue weighted by molar-refractivity contribution is 5.98. The summed E-state index contributed by atoms with van der Waals surface area (Å²) < 4.78 is 5.38. The van der Waals surface area contributed by atoms with Gasteiger partial charge in [0.05, 0.1) is 0 Å². The first-order chi connectivity index (χ1) is 11.1. The van der Waals surface area contributed by atoms with Crippen molar-refractivity contribution < 1.29 is 19.5 Å². The number of rotatable bonds is 5. The van der Waals surface area contributed by atoms with E-state index in [4.69, 9.17) is 9.94 Å². The van der Waals surface area contributed by atoms with Gasteiger partial charge >= 0.3 is 0 Å². The van der Waals surface area contributed by atoms with E-state index in [-0.39, 0.29) is 0 Å². The Hall–Kier alpha value is -2.40. The van der Waals surface area contributed by atoms with E-state index in [2.05, 4.69) is 22.5 Å². The number of hydrogen-bond donors (Lipinski definition) is 4. The van der Waals surface area contributed by atoms with Crippen LogP contribution in [0.15, 0.2) is 24.3 Å². The zero-order valence-electron chi connectivity index (χ0n) is 13.0. The maximum atomic E-state index is 12.4. The molecule has 1 saturated heterocycles. The Bertz CT molecular complexity index is 636. The summed E-state index contributed by atoms with van der Waals surface area (Å²) in [5.41, 5.74) is 1.88. The van der Waals surface area contributed by atoms with Gasteiger partial charge in [0.1, 0.15) is 11.6 Å². The molecule has 1 unspecified atom stereocenters. The fourth-order valence-corrected chi connectivity index (χ4v) is 2.40. The monoisotopic (exact) mass is 317 g/mol. The molecule has 4 N–H and O–H groups in total. The Morgan fingerprint density at radius 2 is 2.00 bits per heavy atom. The van der Waals surface area contributed by atoms with Gasteiger partial charge in [0.2, 0.25) is 0 Å². The minimum atomic E-state index is -1.01. The predicted octanol–water partition coefficient (Wildman–Crippen LogP) is -0.350. The molecule has 0 bridgehead atoms. The summed E-state index contributed by atoms with van der Waals surface area (Å²) in [6.45, 7) is 2.52. The molecule has 1 fully saturated rings. The molecule has 1 heterocycles. The van der Waals surface area contributed by atoms with Gasteiger partial charge in [0.25, 0.3) is 11.8 Å². The molecule has 1 aromatic rings. The van der Waals surface area contributed by atoms with Gasteiger partial charge in [-0.15, -0.1) is 5.92 Å². The number of nitrogens with one attached hydrogen (secondary N) is 3. The molecule has 1 aromatic carbocycles. The van der Waals surface area contributed by atoms with E-state index in [1.165, 1.54) is 7.11 Å². The third-order valence-corrected chi connectivity index (χ3v) is 3.85. The molecular weight excluding hydrogens is 298 g/mol. The lowest BCUT2D eigenvalue weighted by Gasteiger charge is -2.45. The molecule has 7 nitrogen and oxygen atoms in total. The molecule has 0 saturated carbocycles. The lowest BCUT2D eigenvalue weighted by atomic mass is 9.87. The normalized spacial score (nSPS) is 16.3. The van der Waals surface area contributed by atoms with E-state index in [1.54, 1.807) is 36.7 Å². The van der Waals surface area contributed by atoms with Crippen molar-refractivity contribution in [3.8, 4) is 11.8 Å². The van der Waals surface area contributed by atoms with Crippen LogP contribution in [0.4, 0.5) is 0 Å². The second-order valence-electron chi connectivity index (χ2n) is 5.21. The average molecular weight is 317 g/mol. The van der Waals surface area contributed by atoms with E-state index in [0.717, 1.165) is 5.56 Å². The van der Waals surface area contributed by atoms with Crippen molar-refractivity contribution >= 4 is 11.8 Å². The summed E-state index contributed by atoms with van der Waals surface area (Å²) in [7, 11) is 1.46. The number of hydroxylamine groups is 1. The van der Waals surface area contributed by atoms with Crippen molar-refractivity contribution in [3.63, 3.8) is 0 Å². The fourth-order valence-electron chi connectivity index (χ4n) is 2.40. The minimum Gasteiger partial charge on any atom is -0.373 e. The molecule has 1 aliphatic rings. The van der Waals surface area contributed by atoms with Crippen molar-refractivity contribution in [1.29, 1.82) is 0 Å². The standard InChI is InChI=1S/C16H19N3O4/c1-3-4-11-5-7-12(8-6-11)14(20)18-13(15(21)19-22)16(23-2)9-17-10-16/h5-8,13,17,22H,9-10H2,1-2H3,(H,18,20)(H,19,21). The van der Waals surface area contributed by atoms with Crippen molar-refractivity contribution in [1.82, 2.24) is 16.1 Å². The molecule has 0 radical (unpaired) electrons. The number of carbonyl (C=O) groups excluding carboxylic acids is 2. The summed E-state index contributed by atoms with van der Waals surface area (Å²) >= 11 is 0. The zero-order valence-corrected chi connectivity index (χ0v) is 13.0. The van der Waals surface area contributed by atoms with Crippen LogP contribution < -0.4 is 16.1 Å². The van der Waals surface area contributed by atoms with Crippen molar-refractivity contribution in [2.75, 3.05) is 20.2 Å². The van der Waals surface area contributed by atoms with Crippen molar-refractivity contribution in [3.05, 3.63) is 35.4 Å². The van der Waals surface area contributed by atoms with Crippen LogP contribution in [0.2, 0.25) is 0 Å². The number of methoxy groups -OCH3 is 1. The van der Waals surface area contributed by atoms with Crippen molar-refractivity contribution in [2.45, 2.75) is 18.6 Å². The minimum absolute atomic E-state index is 0.390. The molecule has 7 heteroatoms. The van der Waals surface area contributed by atoms with Crippen LogP contribution in [0.3, 0.4) is 0 Å². The highest BCUT2D eigenvalue weighted by Gasteiger charge is 2.49. The van der Waals surface area contributed by atoms with Crippen LogP contribution >= 0.6 is 0 Å². The number of ether oxygens (including phenoxy) is 1. The quantitative estimate of drug-likeness (QED) is 0.338. The number of amides is 2. The zero-order chi connectivity index (χ0) is 16.9. The SMILES string of the molecule is CC#Cc1ccc(C(=O)NC(C(=O)NO)C2(OC)CNC2)cc1. The lowest BCUT2D eigenvalue weighted by molar-refractivity contribution is -0.145. The van der Waals surface area contributed by atoms with Gasteiger partial charge in [-0.2, -0.15) is 0 Å². The maximum absolute atomic E-state index is 12.4. The first-order valence-electron chi connectivity index (χ1n) is 7.10. The van der Waals surface area contributed by atoms with E-state index >= 15 is 0 Å². The van der Waals surface area contributed by atoms with E-state index in [9.17, 15) is 9.59 Å². The topological polar surface area (TPSA) is 99.7 Å². The highest BCUT2D eigenvalue weighted by atomic mass is 16.5. The van der Waals surface area contributed by atoms with Crippen LogP contribution in [-0.2, 0) is 9.53 Å². The number of carbonyl (C=O) groups is 2. The second kappa shape index (κ2) is 7.24. The molecule has 1 atom stereocenters. The summed E-state index contributed by atoms with van der Waals surface area (Å²) in [6, 6.07) is 5.69.